The fraction of sp³-hybridized carbons (Fsp3) is 0.333. The molecule has 0 bridgehead atoms. The second-order valence-electron chi connectivity index (χ2n) is 3.16. The predicted molar refractivity (Wildman–Crippen MR) is 54.5 cm³/mol. The minimum atomic E-state index is 0.683. The molecule has 0 radical (unpaired) electrons. The average molecular weight is 191 g/mol. The number of nitrogens with two attached hydrogens (primary N) is 1. The van der Waals surface area contributed by atoms with Gasteiger partial charge in [-0.1, -0.05) is 0 Å². The van der Waals surface area contributed by atoms with Crippen LogP contribution in [0.5, 0.6) is 0 Å². The zero-order valence-corrected chi connectivity index (χ0v) is 8.31. The summed E-state index contributed by atoms with van der Waals surface area (Å²) in [5.41, 5.74) is 8.41. The number of aryl methyl sites for hydroxylation is 2. The summed E-state index contributed by atoms with van der Waals surface area (Å²) < 4.78 is 3.62. The van der Waals surface area contributed by atoms with E-state index < -0.39 is 0 Å². The molecule has 2 heterocycles. The molecule has 2 aromatic rings. The molecule has 14 heavy (non-hydrogen) atoms. The van der Waals surface area contributed by atoms with Crippen LogP contribution in [0.3, 0.4) is 0 Å². The molecule has 0 aliphatic heterocycles. The van der Waals surface area contributed by atoms with E-state index in [4.69, 9.17) is 5.73 Å². The summed E-state index contributed by atoms with van der Waals surface area (Å²) in [7, 11) is 1.87. The van der Waals surface area contributed by atoms with Crippen LogP contribution in [0.1, 0.15) is 6.92 Å². The molecule has 0 atom stereocenters. The maximum atomic E-state index is 5.80. The van der Waals surface area contributed by atoms with Crippen LogP contribution in [0.25, 0.3) is 11.3 Å². The van der Waals surface area contributed by atoms with Gasteiger partial charge < -0.3 is 5.73 Å². The molecular formula is C9H13N5. The van der Waals surface area contributed by atoms with Crippen LogP contribution >= 0.6 is 0 Å². The second kappa shape index (κ2) is 3.17. The molecule has 0 amide bonds. The Morgan fingerprint density at radius 3 is 2.64 bits per heavy atom. The Bertz CT molecular complexity index is 420. The van der Waals surface area contributed by atoms with Gasteiger partial charge in [0.15, 0.2) is 0 Å². The highest BCUT2D eigenvalue weighted by molar-refractivity contribution is 5.71. The predicted octanol–water partition coefficient (Wildman–Crippen LogP) is 0.886. The normalized spacial score (nSPS) is 10.7. The van der Waals surface area contributed by atoms with E-state index in [0.717, 1.165) is 17.8 Å². The van der Waals surface area contributed by atoms with Gasteiger partial charge in [-0.25, -0.2) is 0 Å². The van der Waals surface area contributed by atoms with E-state index in [2.05, 4.69) is 10.2 Å². The van der Waals surface area contributed by atoms with Crippen LogP contribution in [0.2, 0.25) is 0 Å². The van der Waals surface area contributed by atoms with Crippen LogP contribution in [0.15, 0.2) is 18.6 Å². The van der Waals surface area contributed by atoms with E-state index in [0.29, 0.717) is 5.69 Å². The molecule has 0 unspecified atom stereocenters. The SMILES string of the molecule is CCn1cc(-c2c(N)cnn2C)cn1. The first-order valence-corrected chi connectivity index (χ1v) is 4.52. The van der Waals surface area contributed by atoms with Gasteiger partial charge in [-0.05, 0) is 6.92 Å². The molecule has 0 aromatic carbocycles. The minimum absolute atomic E-state index is 0.683. The number of hydrogen-bond acceptors (Lipinski definition) is 3. The maximum Gasteiger partial charge on any atom is 0.0940 e. The molecule has 2 rings (SSSR count). The van der Waals surface area contributed by atoms with Crippen molar-refractivity contribution in [2.45, 2.75) is 13.5 Å². The quantitative estimate of drug-likeness (QED) is 0.766. The van der Waals surface area contributed by atoms with Crippen LogP contribution < -0.4 is 5.73 Å². The Kier molecular flexibility index (Phi) is 1.99. The molecule has 2 N–H and O–H groups in total. The van der Waals surface area contributed by atoms with Crippen molar-refractivity contribution in [2.24, 2.45) is 7.05 Å². The monoisotopic (exact) mass is 191 g/mol. The molecule has 0 aliphatic rings. The van der Waals surface area contributed by atoms with Gasteiger partial charge in [0, 0.05) is 25.4 Å². The summed E-state index contributed by atoms with van der Waals surface area (Å²) in [6, 6.07) is 0. The van der Waals surface area contributed by atoms with Gasteiger partial charge in [0.05, 0.1) is 23.8 Å². The highest BCUT2D eigenvalue weighted by Crippen LogP contribution is 2.23. The molecule has 0 saturated heterocycles. The molecule has 74 valence electrons. The van der Waals surface area contributed by atoms with Crippen LogP contribution in [-0.4, -0.2) is 19.6 Å². The molecule has 2 aromatic heterocycles. The number of nitrogens with zero attached hydrogens (tertiary/aromatic N) is 4. The third-order valence-electron chi connectivity index (χ3n) is 2.20. The largest absolute Gasteiger partial charge is 0.396 e. The Morgan fingerprint density at radius 2 is 2.14 bits per heavy atom. The first kappa shape index (κ1) is 8.80. The van der Waals surface area contributed by atoms with E-state index in [1.165, 1.54) is 0 Å². The first-order valence-electron chi connectivity index (χ1n) is 4.52. The Labute approximate surface area is 82.1 Å². The standard InChI is InChI=1S/C9H13N5/c1-3-14-6-7(4-12-14)9-8(10)5-11-13(9)2/h4-6H,3,10H2,1-2H3. The minimum Gasteiger partial charge on any atom is -0.396 e. The summed E-state index contributed by atoms with van der Waals surface area (Å²) in [5, 5.41) is 8.28. The molecule has 0 saturated carbocycles. The van der Waals surface area contributed by atoms with Crippen molar-refractivity contribution in [1.82, 2.24) is 19.6 Å². The Hall–Kier alpha value is -1.78. The van der Waals surface area contributed by atoms with E-state index >= 15 is 0 Å². The molecule has 0 spiro atoms. The zero-order chi connectivity index (χ0) is 10.1. The lowest BCUT2D eigenvalue weighted by Crippen LogP contribution is -1.95. The highest BCUT2D eigenvalue weighted by atomic mass is 15.3. The van der Waals surface area contributed by atoms with Gasteiger partial charge in [-0.3, -0.25) is 9.36 Å². The van der Waals surface area contributed by atoms with Crippen LogP contribution in [0.4, 0.5) is 5.69 Å². The fourth-order valence-electron chi connectivity index (χ4n) is 1.47. The number of nitrogen functional groups attached to an aromatic ring is 1. The molecular weight excluding hydrogens is 178 g/mol. The summed E-state index contributed by atoms with van der Waals surface area (Å²) >= 11 is 0. The summed E-state index contributed by atoms with van der Waals surface area (Å²) in [5.74, 6) is 0. The van der Waals surface area contributed by atoms with Crippen molar-refractivity contribution < 1.29 is 0 Å². The third kappa shape index (κ3) is 1.26. The lowest BCUT2D eigenvalue weighted by atomic mass is 10.2. The highest BCUT2D eigenvalue weighted by Gasteiger charge is 2.09. The van der Waals surface area contributed by atoms with E-state index in [-0.39, 0.29) is 0 Å². The van der Waals surface area contributed by atoms with Gasteiger partial charge in [-0.2, -0.15) is 10.2 Å². The van der Waals surface area contributed by atoms with E-state index in [1.54, 1.807) is 17.1 Å². The van der Waals surface area contributed by atoms with Crippen molar-refractivity contribution in [3.8, 4) is 11.3 Å². The Morgan fingerprint density at radius 1 is 1.36 bits per heavy atom. The number of aromatic nitrogens is 4. The lowest BCUT2D eigenvalue weighted by molar-refractivity contribution is 0.660. The molecule has 5 heteroatoms. The van der Waals surface area contributed by atoms with Crippen molar-refractivity contribution in [3.63, 3.8) is 0 Å². The van der Waals surface area contributed by atoms with Crippen molar-refractivity contribution >= 4 is 5.69 Å². The summed E-state index contributed by atoms with van der Waals surface area (Å²) in [4.78, 5) is 0. The summed E-state index contributed by atoms with van der Waals surface area (Å²) in [6.07, 6.45) is 5.42. The number of anilines is 1. The van der Waals surface area contributed by atoms with Crippen molar-refractivity contribution in [1.29, 1.82) is 0 Å². The van der Waals surface area contributed by atoms with Crippen molar-refractivity contribution in [3.05, 3.63) is 18.6 Å². The first-order chi connectivity index (χ1) is 6.72. The Balaban J connectivity index is 2.48. The lowest BCUT2D eigenvalue weighted by Gasteiger charge is -1.98. The van der Waals surface area contributed by atoms with Crippen molar-refractivity contribution in [2.75, 3.05) is 5.73 Å². The fourth-order valence-corrected chi connectivity index (χ4v) is 1.47. The van der Waals surface area contributed by atoms with E-state index in [9.17, 15) is 0 Å². The smallest absolute Gasteiger partial charge is 0.0940 e. The van der Waals surface area contributed by atoms with Gasteiger partial charge in [0.25, 0.3) is 0 Å². The van der Waals surface area contributed by atoms with E-state index in [1.807, 2.05) is 24.9 Å². The third-order valence-corrected chi connectivity index (χ3v) is 2.20. The van der Waals surface area contributed by atoms with Gasteiger partial charge in [0.1, 0.15) is 0 Å². The molecule has 0 aliphatic carbocycles. The van der Waals surface area contributed by atoms with Crippen LogP contribution in [-0.2, 0) is 13.6 Å². The van der Waals surface area contributed by atoms with Crippen LogP contribution in [0, 0.1) is 0 Å². The zero-order valence-electron chi connectivity index (χ0n) is 8.31. The van der Waals surface area contributed by atoms with Gasteiger partial charge in [0.2, 0.25) is 0 Å². The van der Waals surface area contributed by atoms with Gasteiger partial charge in [-0.15, -0.1) is 0 Å². The van der Waals surface area contributed by atoms with Gasteiger partial charge >= 0.3 is 0 Å². The average Bonchev–Trinajstić information content (AvgIpc) is 2.73. The maximum absolute atomic E-state index is 5.80. The number of rotatable bonds is 2. The second-order valence-corrected chi connectivity index (χ2v) is 3.16. The topological polar surface area (TPSA) is 61.7 Å². The molecule has 5 nitrogen and oxygen atoms in total. The summed E-state index contributed by atoms with van der Waals surface area (Å²) in [6.45, 7) is 2.90. The molecule has 0 fully saturated rings. The number of hydrogen-bond donors (Lipinski definition) is 1.